The molecule has 228 valence electrons. The Morgan fingerprint density at radius 1 is 1.00 bits per heavy atom. The monoisotopic (exact) mass is 586 g/mol. The quantitative estimate of drug-likeness (QED) is 0.410. The number of carbonyl (C=O) groups excluding carboxylic acids is 3. The first-order chi connectivity index (χ1) is 20.9. The van der Waals surface area contributed by atoms with E-state index in [0.29, 0.717) is 58.0 Å². The number of carbonyl (C=O) groups is 3. The number of anilines is 1. The molecule has 43 heavy (non-hydrogen) atoms. The molecule has 0 aliphatic carbocycles. The number of amides is 5. The van der Waals surface area contributed by atoms with Crippen molar-refractivity contribution in [2.24, 2.45) is 0 Å². The highest BCUT2D eigenvalue weighted by molar-refractivity contribution is 5.91. The highest BCUT2D eigenvalue weighted by Gasteiger charge is 2.34. The van der Waals surface area contributed by atoms with Crippen LogP contribution in [0.3, 0.4) is 0 Å². The summed E-state index contributed by atoms with van der Waals surface area (Å²) >= 11 is 0. The van der Waals surface area contributed by atoms with E-state index in [9.17, 15) is 14.4 Å². The summed E-state index contributed by atoms with van der Waals surface area (Å²) in [7, 11) is 4.16. The lowest BCUT2D eigenvalue weighted by Crippen LogP contribution is -2.57. The third-order valence-electron chi connectivity index (χ3n) is 9.38. The predicted octanol–water partition coefficient (Wildman–Crippen LogP) is 3.29. The SMILES string of the molecule is CN(C)C1CCN(C(=O)C(Cc2ccc3[nH]ncc3c2)NC(=O)N2CCC(N3CCc4ccccc4NC3=O)CC2)CC1. The van der Waals surface area contributed by atoms with Crippen LogP contribution >= 0.6 is 0 Å². The van der Waals surface area contributed by atoms with Gasteiger partial charge in [-0.15, -0.1) is 0 Å². The summed E-state index contributed by atoms with van der Waals surface area (Å²) in [5.41, 5.74) is 3.93. The Kier molecular flexibility index (Phi) is 8.51. The van der Waals surface area contributed by atoms with Gasteiger partial charge in [-0.2, -0.15) is 5.10 Å². The van der Waals surface area contributed by atoms with Gasteiger partial charge in [0.25, 0.3) is 0 Å². The number of hydrogen-bond acceptors (Lipinski definition) is 5. The first-order valence-electron chi connectivity index (χ1n) is 15.4. The molecule has 4 heterocycles. The summed E-state index contributed by atoms with van der Waals surface area (Å²) in [6.07, 6.45) is 6.22. The van der Waals surface area contributed by atoms with Crippen LogP contribution in [-0.4, -0.2) is 113 Å². The van der Waals surface area contributed by atoms with Gasteiger partial charge in [0.05, 0.1) is 11.7 Å². The predicted molar refractivity (Wildman–Crippen MR) is 166 cm³/mol. The fourth-order valence-electron chi connectivity index (χ4n) is 6.74. The molecule has 0 spiro atoms. The number of benzene rings is 2. The van der Waals surface area contributed by atoms with Gasteiger partial charge in [0.15, 0.2) is 0 Å². The number of aromatic amines is 1. The zero-order chi connectivity index (χ0) is 29.9. The van der Waals surface area contributed by atoms with Crippen molar-refractivity contribution in [2.75, 3.05) is 52.1 Å². The number of piperidine rings is 2. The minimum atomic E-state index is -0.666. The number of nitrogens with zero attached hydrogens (tertiary/aromatic N) is 5. The van der Waals surface area contributed by atoms with Crippen molar-refractivity contribution in [3.8, 4) is 0 Å². The van der Waals surface area contributed by atoms with Gasteiger partial charge < -0.3 is 30.2 Å². The fraction of sp³-hybridized carbons (Fsp3) is 0.500. The number of rotatable bonds is 6. The topological polar surface area (TPSA) is 117 Å². The van der Waals surface area contributed by atoms with Crippen molar-refractivity contribution in [3.05, 3.63) is 59.8 Å². The minimum Gasteiger partial charge on any atom is -0.341 e. The number of nitrogens with one attached hydrogen (secondary N) is 3. The molecule has 3 aliphatic heterocycles. The van der Waals surface area contributed by atoms with Crippen LogP contribution in [0.5, 0.6) is 0 Å². The Hall–Kier alpha value is -4.12. The molecule has 11 heteroatoms. The molecule has 3 N–H and O–H groups in total. The van der Waals surface area contributed by atoms with Crippen molar-refractivity contribution in [1.82, 2.24) is 35.1 Å². The molecule has 11 nitrogen and oxygen atoms in total. The molecule has 3 aliphatic rings. The van der Waals surface area contributed by atoms with Gasteiger partial charge in [-0.25, -0.2) is 9.59 Å². The largest absolute Gasteiger partial charge is 0.341 e. The summed E-state index contributed by atoms with van der Waals surface area (Å²) in [5.74, 6) is -0.0338. The lowest BCUT2D eigenvalue weighted by molar-refractivity contribution is -0.134. The van der Waals surface area contributed by atoms with Gasteiger partial charge in [0.2, 0.25) is 5.91 Å². The highest BCUT2D eigenvalue weighted by Crippen LogP contribution is 2.25. The number of para-hydroxylation sites is 1. The number of likely N-dealkylation sites (tertiary alicyclic amines) is 2. The zero-order valence-electron chi connectivity index (χ0n) is 25.1. The molecule has 6 rings (SSSR count). The smallest absolute Gasteiger partial charge is 0.322 e. The maximum Gasteiger partial charge on any atom is 0.322 e. The van der Waals surface area contributed by atoms with Gasteiger partial charge in [0.1, 0.15) is 6.04 Å². The second kappa shape index (κ2) is 12.6. The molecule has 0 bridgehead atoms. The average Bonchev–Trinajstić information content (AvgIpc) is 3.42. The molecule has 3 aromatic rings. The van der Waals surface area contributed by atoms with E-state index < -0.39 is 6.04 Å². The number of hydrogen-bond donors (Lipinski definition) is 3. The van der Waals surface area contributed by atoms with Crippen molar-refractivity contribution >= 4 is 34.6 Å². The molecule has 1 atom stereocenters. The van der Waals surface area contributed by atoms with Crippen molar-refractivity contribution in [3.63, 3.8) is 0 Å². The van der Waals surface area contributed by atoms with Crippen LogP contribution < -0.4 is 10.6 Å². The molecule has 2 fully saturated rings. The van der Waals surface area contributed by atoms with E-state index in [0.717, 1.165) is 47.0 Å². The summed E-state index contributed by atoms with van der Waals surface area (Å²) in [4.78, 5) is 48.3. The van der Waals surface area contributed by atoms with Crippen molar-refractivity contribution in [2.45, 2.75) is 56.7 Å². The summed E-state index contributed by atoms with van der Waals surface area (Å²) in [5, 5.41) is 14.2. The van der Waals surface area contributed by atoms with Gasteiger partial charge in [-0.05, 0) is 75.5 Å². The third-order valence-corrected chi connectivity index (χ3v) is 9.38. The highest BCUT2D eigenvalue weighted by atomic mass is 16.2. The molecular formula is C32H42N8O3. The fourth-order valence-corrected chi connectivity index (χ4v) is 6.74. The average molecular weight is 587 g/mol. The van der Waals surface area contributed by atoms with Gasteiger partial charge in [-0.3, -0.25) is 9.89 Å². The van der Waals surface area contributed by atoms with Gasteiger partial charge in [-0.1, -0.05) is 24.3 Å². The first kappa shape index (κ1) is 29.0. The van der Waals surface area contributed by atoms with Crippen LogP contribution in [-0.2, 0) is 17.6 Å². The van der Waals surface area contributed by atoms with E-state index in [1.54, 1.807) is 11.1 Å². The number of H-pyrrole nitrogens is 1. The van der Waals surface area contributed by atoms with E-state index in [1.165, 1.54) is 0 Å². The van der Waals surface area contributed by atoms with Crippen LogP contribution in [0.25, 0.3) is 10.9 Å². The van der Waals surface area contributed by atoms with Crippen LogP contribution in [0, 0.1) is 0 Å². The van der Waals surface area contributed by atoms with Crippen molar-refractivity contribution in [1.29, 1.82) is 0 Å². The lowest BCUT2D eigenvalue weighted by Gasteiger charge is -2.39. The van der Waals surface area contributed by atoms with Crippen LogP contribution in [0.4, 0.5) is 15.3 Å². The molecule has 2 saturated heterocycles. The first-order valence-corrected chi connectivity index (χ1v) is 15.4. The molecule has 1 unspecified atom stereocenters. The molecule has 1 aromatic heterocycles. The van der Waals surface area contributed by atoms with E-state index in [2.05, 4.69) is 45.9 Å². The Balaban J connectivity index is 1.10. The number of fused-ring (bicyclic) bond motifs is 2. The summed E-state index contributed by atoms with van der Waals surface area (Å²) < 4.78 is 0. The van der Waals surface area contributed by atoms with Crippen LogP contribution in [0.15, 0.2) is 48.7 Å². The minimum absolute atomic E-state index is 0.0338. The molecule has 5 amide bonds. The summed E-state index contributed by atoms with van der Waals surface area (Å²) in [6.45, 7) is 3.08. The van der Waals surface area contributed by atoms with E-state index in [1.807, 2.05) is 46.2 Å². The van der Waals surface area contributed by atoms with Gasteiger partial charge >= 0.3 is 12.1 Å². The standard InChI is InChI=1S/C32H42N8O3/c1-37(2)25-10-14-38(15-11-25)30(41)29(20-22-7-8-28-24(19-22)21-33-36-28)35-31(42)39-16-12-26(13-17-39)40-18-9-23-5-3-4-6-27(23)34-32(40)43/h3-8,19,21,25-26,29H,9-18,20H2,1-2H3,(H,33,36)(H,34,43)(H,35,42). The normalized spacial score (nSPS) is 19.2. The maximum absolute atomic E-state index is 13.8. The molecular weight excluding hydrogens is 544 g/mol. The second-order valence-electron chi connectivity index (χ2n) is 12.3. The third kappa shape index (κ3) is 6.46. The lowest BCUT2D eigenvalue weighted by atomic mass is 10.00. The molecule has 2 aromatic carbocycles. The van der Waals surface area contributed by atoms with E-state index in [-0.39, 0.29) is 24.0 Å². The Morgan fingerprint density at radius 2 is 1.74 bits per heavy atom. The maximum atomic E-state index is 13.8. The van der Waals surface area contributed by atoms with Gasteiger partial charge in [0, 0.05) is 62.3 Å². The summed E-state index contributed by atoms with van der Waals surface area (Å²) in [6, 6.07) is 13.5. The Labute approximate surface area is 252 Å². The molecule has 0 saturated carbocycles. The van der Waals surface area contributed by atoms with Crippen molar-refractivity contribution < 1.29 is 14.4 Å². The number of aromatic nitrogens is 2. The van der Waals surface area contributed by atoms with Crippen LogP contribution in [0.1, 0.15) is 36.8 Å². The Bertz CT molecular complexity index is 1460. The Morgan fingerprint density at radius 3 is 2.51 bits per heavy atom. The molecule has 0 radical (unpaired) electrons. The van der Waals surface area contributed by atoms with E-state index >= 15 is 0 Å². The van der Waals surface area contributed by atoms with E-state index in [4.69, 9.17) is 0 Å². The zero-order valence-corrected chi connectivity index (χ0v) is 25.1. The second-order valence-corrected chi connectivity index (χ2v) is 12.3. The number of urea groups is 2. The van der Waals surface area contributed by atoms with Crippen LogP contribution in [0.2, 0.25) is 0 Å².